The van der Waals surface area contributed by atoms with Crippen LogP contribution >= 0.6 is 0 Å². The highest BCUT2D eigenvalue weighted by Crippen LogP contribution is 2.23. The fourth-order valence-corrected chi connectivity index (χ4v) is 11.3. The zero-order chi connectivity index (χ0) is 62.3. The fourth-order valence-electron chi connectivity index (χ4n) is 11.3. The number of amides is 1. The predicted octanol–water partition coefficient (Wildman–Crippen LogP) is 18.9. The van der Waals surface area contributed by atoms with Gasteiger partial charge in [-0.2, -0.15) is 0 Å². The average molecular weight is 1210 g/mol. The van der Waals surface area contributed by atoms with Crippen LogP contribution < -0.4 is 5.32 Å². The average Bonchev–Trinajstić information content (AvgIpc) is 2.75. The quantitative estimate of drug-likeness (QED) is 0.0195. The van der Waals surface area contributed by atoms with E-state index in [0.717, 1.165) is 64.2 Å². The summed E-state index contributed by atoms with van der Waals surface area (Å²) in [5, 5.41) is 54.4. The predicted molar refractivity (Wildman–Crippen MR) is 361 cm³/mol. The number of esters is 1. The van der Waals surface area contributed by atoms with Gasteiger partial charge in [-0.15, -0.1) is 0 Å². The Hall–Kier alpha value is -2.64. The van der Waals surface area contributed by atoms with Gasteiger partial charge in [0.05, 0.1) is 32.0 Å². The highest BCUT2D eigenvalue weighted by atomic mass is 16.7. The van der Waals surface area contributed by atoms with Gasteiger partial charge in [0.1, 0.15) is 24.4 Å². The van der Waals surface area contributed by atoms with Crippen LogP contribution in [0.2, 0.25) is 0 Å². The highest BCUT2D eigenvalue weighted by molar-refractivity contribution is 5.76. The third kappa shape index (κ3) is 52.2. The molecule has 1 saturated heterocycles. The van der Waals surface area contributed by atoms with Crippen molar-refractivity contribution in [3.8, 4) is 0 Å². The van der Waals surface area contributed by atoms with Crippen LogP contribution in [0.3, 0.4) is 0 Å². The maximum Gasteiger partial charge on any atom is 0.305 e. The molecule has 0 saturated carbocycles. The lowest BCUT2D eigenvalue weighted by atomic mass is 9.99. The van der Waals surface area contributed by atoms with E-state index in [1.54, 1.807) is 6.08 Å². The van der Waals surface area contributed by atoms with Crippen molar-refractivity contribution in [3.63, 3.8) is 0 Å². The van der Waals surface area contributed by atoms with Crippen molar-refractivity contribution in [1.82, 2.24) is 5.32 Å². The van der Waals surface area contributed by atoms with Crippen molar-refractivity contribution < 1.29 is 49.3 Å². The maximum absolute atomic E-state index is 13.0. The van der Waals surface area contributed by atoms with Crippen molar-refractivity contribution in [1.29, 1.82) is 0 Å². The molecule has 0 aromatic heterocycles. The number of aliphatic hydroxyl groups is 5. The summed E-state index contributed by atoms with van der Waals surface area (Å²) in [5.41, 5.74) is 0. The molecule has 0 aromatic rings. The smallest absolute Gasteiger partial charge is 0.305 e. The molecule has 1 aliphatic heterocycles. The first-order valence-corrected chi connectivity index (χ1v) is 36.6. The zero-order valence-electron chi connectivity index (χ0n) is 55.8. The van der Waals surface area contributed by atoms with Gasteiger partial charge in [0.25, 0.3) is 0 Å². The molecule has 1 rings (SSSR count). The van der Waals surface area contributed by atoms with Crippen LogP contribution in [0.1, 0.15) is 341 Å². The topological polar surface area (TPSA) is 175 Å². The highest BCUT2D eigenvalue weighted by Gasteiger charge is 2.44. The summed E-state index contributed by atoms with van der Waals surface area (Å²) in [5.74, 6) is -0.190. The van der Waals surface area contributed by atoms with Gasteiger partial charge >= 0.3 is 5.97 Å². The first-order valence-electron chi connectivity index (χ1n) is 36.6. The molecule has 0 spiro atoms. The van der Waals surface area contributed by atoms with Crippen LogP contribution in [-0.4, -0.2) is 100 Å². The molecule has 7 unspecified atom stereocenters. The molecule has 7 atom stereocenters. The van der Waals surface area contributed by atoms with Crippen LogP contribution in [0.25, 0.3) is 0 Å². The Balaban J connectivity index is 1.93. The van der Waals surface area contributed by atoms with Crippen molar-refractivity contribution in [2.75, 3.05) is 19.8 Å². The molecule has 0 radical (unpaired) electrons. The molecule has 0 aliphatic carbocycles. The summed E-state index contributed by atoms with van der Waals surface area (Å²) in [6.07, 6.45) is 75.2. The van der Waals surface area contributed by atoms with Crippen LogP contribution in [0, 0.1) is 0 Å². The molecule has 1 fully saturated rings. The van der Waals surface area contributed by atoms with Crippen molar-refractivity contribution in [3.05, 3.63) is 60.8 Å². The lowest BCUT2D eigenvalue weighted by molar-refractivity contribution is -0.302. The van der Waals surface area contributed by atoms with E-state index < -0.39 is 49.5 Å². The second-order valence-corrected chi connectivity index (χ2v) is 25.3. The van der Waals surface area contributed by atoms with Gasteiger partial charge in [0.2, 0.25) is 5.91 Å². The third-order valence-corrected chi connectivity index (χ3v) is 17.1. The molecule has 1 amide bonds. The number of rotatable bonds is 64. The van der Waals surface area contributed by atoms with Gasteiger partial charge in [-0.25, -0.2) is 0 Å². The van der Waals surface area contributed by atoms with Crippen LogP contribution in [-0.2, 0) is 23.8 Å². The molecule has 0 bridgehead atoms. The monoisotopic (exact) mass is 1210 g/mol. The van der Waals surface area contributed by atoms with Crippen molar-refractivity contribution in [2.24, 2.45) is 0 Å². The lowest BCUT2D eigenvalue weighted by Gasteiger charge is -2.40. The molecule has 11 heteroatoms. The second-order valence-electron chi connectivity index (χ2n) is 25.3. The summed E-state index contributed by atoms with van der Waals surface area (Å²) in [7, 11) is 0. The summed E-state index contributed by atoms with van der Waals surface area (Å²) in [6, 6.07) is -0.826. The maximum atomic E-state index is 13.0. The summed E-state index contributed by atoms with van der Waals surface area (Å²) < 4.78 is 16.7. The minimum Gasteiger partial charge on any atom is -0.466 e. The molecular formula is C75H137NO10. The normalized spacial score (nSPS) is 18.2. The Morgan fingerprint density at radius 1 is 0.430 bits per heavy atom. The van der Waals surface area contributed by atoms with Crippen LogP contribution in [0.4, 0.5) is 0 Å². The van der Waals surface area contributed by atoms with Gasteiger partial charge in [-0.3, -0.25) is 9.59 Å². The minimum atomic E-state index is -1.58. The zero-order valence-corrected chi connectivity index (χ0v) is 55.8. The Morgan fingerprint density at radius 2 is 0.791 bits per heavy atom. The molecule has 502 valence electrons. The van der Waals surface area contributed by atoms with Gasteiger partial charge in [-0.1, -0.05) is 286 Å². The minimum absolute atomic E-state index is 0.000450. The Morgan fingerprint density at radius 3 is 1.24 bits per heavy atom. The van der Waals surface area contributed by atoms with Crippen molar-refractivity contribution >= 4 is 11.9 Å². The molecule has 1 heterocycles. The first kappa shape index (κ1) is 81.4. The number of aliphatic hydroxyl groups excluding tert-OH is 5. The molecule has 11 nitrogen and oxygen atoms in total. The molecule has 0 aromatic carbocycles. The number of carbonyl (C=O) groups is 2. The molecular weight excluding hydrogens is 1070 g/mol. The van der Waals surface area contributed by atoms with Crippen LogP contribution in [0.15, 0.2) is 60.8 Å². The summed E-state index contributed by atoms with van der Waals surface area (Å²) in [6.45, 7) is 4.30. The van der Waals surface area contributed by atoms with E-state index in [1.807, 2.05) is 6.08 Å². The molecule has 6 N–H and O–H groups in total. The second kappa shape index (κ2) is 63.9. The standard InChI is InChI=1S/C75H137NO10/c1-3-5-7-9-11-13-15-43-47-51-55-59-63-71(80)84-64-60-56-52-48-44-40-38-36-34-32-30-28-26-24-22-20-18-16-17-19-21-23-25-27-29-31-33-35-37-39-42-46-50-54-58-62-70(79)76-67(66-85-75-74(83)73(82)72(81)69(65-77)86-75)68(78)61-57-53-49-45-41-14-12-10-8-6-4-2/h11,13,18,20,24,26,41,45,57,61,67-69,72-75,77-78,81-83H,3-10,12,14-17,19,21-23,25,27-40,42-44,46-56,58-60,62-66H2,1-2H3,(H,76,79)/b13-11-,20-18-,26-24-,45-41+,61-57+. The van der Waals surface area contributed by atoms with E-state index in [4.69, 9.17) is 14.2 Å². The number of ether oxygens (including phenoxy) is 3. The molecule has 1 aliphatic rings. The van der Waals surface area contributed by atoms with E-state index >= 15 is 0 Å². The van der Waals surface area contributed by atoms with E-state index in [0.29, 0.717) is 19.4 Å². The number of nitrogens with one attached hydrogen (secondary N) is 1. The Kier molecular flexibility index (Phi) is 60.5. The van der Waals surface area contributed by atoms with E-state index in [1.165, 1.54) is 250 Å². The SMILES string of the molecule is CCCCC/C=C\CCCCCCCC(=O)OCCCCCCCCCCCCC/C=C\C/C=C\CCCCCCCCCCCCCCCCCCCC(=O)NC(COC1OC(CO)C(O)C(O)C1O)C(O)/C=C/CC/C=C/CCCCCCC. The van der Waals surface area contributed by atoms with Crippen LogP contribution in [0.5, 0.6) is 0 Å². The van der Waals surface area contributed by atoms with E-state index in [-0.39, 0.29) is 18.5 Å². The Bertz CT molecular complexity index is 1610. The third-order valence-electron chi connectivity index (χ3n) is 17.1. The number of carbonyl (C=O) groups excluding carboxylic acids is 2. The van der Waals surface area contributed by atoms with Crippen molar-refractivity contribution in [2.45, 2.75) is 384 Å². The van der Waals surface area contributed by atoms with Gasteiger partial charge in [0, 0.05) is 12.8 Å². The fraction of sp³-hybridized carbons (Fsp3) is 0.840. The van der Waals surface area contributed by atoms with Gasteiger partial charge in [-0.05, 0) is 103 Å². The largest absolute Gasteiger partial charge is 0.466 e. The number of hydrogen-bond donors (Lipinski definition) is 6. The van der Waals surface area contributed by atoms with Gasteiger partial charge in [0.15, 0.2) is 6.29 Å². The van der Waals surface area contributed by atoms with E-state index in [2.05, 4.69) is 67.8 Å². The summed E-state index contributed by atoms with van der Waals surface area (Å²) in [4.78, 5) is 25.1. The first-order chi connectivity index (χ1) is 42.2. The van der Waals surface area contributed by atoms with Gasteiger partial charge < -0.3 is 45.1 Å². The lowest BCUT2D eigenvalue weighted by Crippen LogP contribution is -2.60. The number of allylic oxidation sites excluding steroid dienone is 9. The number of unbranched alkanes of at least 4 members (excludes halogenated alkanes) is 42. The number of hydrogen-bond acceptors (Lipinski definition) is 10. The van der Waals surface area contributed by atoms with E-state index in [9.17, 15) is 35.1 Å². The molecule has 86 heavy (non-hydrogen) atoms. The Labute approximate surface area is 528 Å². The summed E-state index contributed by atoms with van der Waals surface area (Å²) >= 11 is 0.